The number of halogens is 1. The second-order valence-corrected chi connectivity index (χ2v) is 5.18. The van der Waals surface area contributed by atoms with Crippen molar-refractivity contribution in [2.75, 3.05) is 12.4 Å². The number of amides is 1. The topological polar surface area (TPSA) is 40.5 Å². The highest BCUT2D eigenvalue weighted by molar-refractivity contribution is 6.27. The van der Waals surface area contributed by atoms with Gasteiger partial charge in [0.25, 0.3) is 0 Å². The molecule has 2 rings (SSSR count). The van der Waals surface area contributed by atoms with E-state index in [1.165, 1.54) is 5.56 Å². The quantitative estimate of drug-likeness (QED) is 0.683. The summed E-state index contributed by atoms with van der Waals surface area (Å²) in [6.45, 7) is 2.50. The van der Waals surface area contributed by atoms with Gasteiger partial charge in [0.15, 0.2) is 0 Å². The number of nitrogens with zero attached hydrogens (tertiary/aromatic N) is 1. The van der Waals surface area contributed by atoms with Crippen LogP contribution in [-0.4, -0.2) is 34.4 Å². The zero-order valence-corrected chi connectivity index (χ0v) is 11.9. The molecule has 0 spiro atoms. The Labute approximate surface area is 119 Å². The van der Waals surface area contributed by atoms with Gasteiger partial charge < -0.3 is 10.0 Å². The highest BCUT2D eigenvalue weighted by Gasteiger charge is 2.31. The molecule has 1 amide bonds. The highest BCUT2D eigenvalue weighted by atomic mass is 35.5. The molecule has 4 heteroatoms. The molecule has 19 heavy (non-hydrogen) atoms. The number of carbonyl (C=O) groups is 1. The molecule has 0 aromatic heterocycles. The molecule has 1 aliphatic carbocycles. The Morgan fingerprint density at radius 1 is 1.47 bits per heavy atom. The molecular weight excluding hydrogens is 262 g/mol. The second-order valence-electron chi connectivity index (χ2n) is 4.92. The van der Waals surface area contributed by atoms with E-state index in [-0.39, 0.29) is 17.8 Å². The molecule has 0 saturated carbocycles. The number of carbonyl (C=O) groups excluding carboxylic acids is 1. The molecule has 0 heterocycles. The molecular formula is C15H20ClNO2. The number of aryl methyl sites for hydroxylation is 1. The summed E-state index contributed by atoms with van der Waals surface area (Å²) in [5, 5.41) is 10.6. The van der Waals surface area contributed by atoms with Gasteiger partial charge in [-0.3, -0.25) is 4.79 Å². The van der Waals surface area contributed by atoms with E-state index in [1.54, 1.807) is 4.90 Å². The lowest BCUT2D eigenvalue weighted by Gasteiger charge is -2.33. The third-order valence-electron chi connectivity index (χ3n) is 3.86. The number of hydrogen-bond acceptors (Lipinski definition) is 2. The molecule has 0 unspecified atom stereocenters. The van der Waals surface area contributed by atoms with Gasteiger partial charge in [-0.25, -0.2) is 0 Å². The lowest BCUT2D eigenvalue weighted by atomic mass is 9.98. The smallest absolute Gasteiger partial charge is 0.237 e. The van der Waals surface area contributed by atoms with Crippen LogP contribution in [0, 0.1) is 0 Å². The van der Waals surface area contributed by atoms with Crippen LogP contribution in [0.3, 0.4) is 0 Å². The molecule has 0 radical (unpaired) electrons. The summed E-state index contributed by atoms with van der Waals surface area (Å²) < 4.78 is 0. The van der Waals surface area contributed by atoms with Crippen LogP contribution in [0.1, 0.15) is 37.0 Å². The normalized spacial score (nSPS) is 22.5. The molecule has 1 N–H and O–H groups in total. The van der Waals surface area contributed by atoms with Crippen molar-refractivity contribution in [1.82, 2.24) is 4.90 Å². The lowest BCUT2D eigenvalue weighted by Crippen LogP contribution is -2.44. The SMILES string of the molecule is CCN(C(=O)CCl)[C@@H]1CCCc2ccccc2[C@H]1O. The summed E-state index contributed by atoms with van der Waals surface area (Å²) in [6, 6.07) is 7.77. The standard InChI is InChI=1S/C15H20ClNO2/c1-2-17(14(18)10-16)13-9-5-7-11-6-3-4-8-12(11)15(13)19/h3-4,6,8,13,15,19H,2,5,7,9-10H2,1H3/t13-,15-/m1/s1. The maximum absolute atomic E-state index is 11.9. The van der Waals surface area contributed by atoms with Crippen LogP contribution in [-0.2, 0) is 11.2 Å². The summed E-state index contributed by atoms with van der Waals surface area (Å²) in [5.41, 5.74) is 2.14. The van der Waals surface area contributed by atoms with Gasteiger partial charge in [0.05, 0.1) is 12.1 Å². The van der Waals surface area contributed by atoms with E-state index in [2.05, 4.69) is 6.07 Å². The minimum Gasteiger partial charge on any atom is -0.386 e. The third-order valence-corrected chi connectivity index (χ3v) is 4.09. The maximum Gasteiger partial charge on any atom is 0.237 e. The first-order valence-electron chi connectivity index (χ1n) is 6.80. The molecule has 3 nitrogen and oxygen atoms in total. The number of rotatable bonds is 3. The minimum atomic E-state index is -0.620. The fraction of sp³-hybridized carbons (Fsp3) is 0.533. The van der Waals surface area contributed by atoms with E-state index in [4.69, 9.17) is 11.6 Å². The van der Waals surface area contributed by atoms with Gasteiger partial charge in [0, 0.05) is 6.54 Å². The predicted molar refractivity (Wildman–Crippen MR) is 76.2 cm³/mol. The van der Waals surface area contributed by atoms with E-state index < -0.39 is 6.10 Å². The first kappa shape index (κ1) is 14.4. The molecule has 0 bridgehead atoms. The summed E-state index contributed by atoms with van der Waals surface area (Å²) in [6.07, 6.45) is 2.12. The van der Waals surface area contributed by atoms with Crippen molar-refractivity contribution in [3.8, 4) is 0 Å². The van der Waals surface area contributed by atoms with Crippen LogP contribution in [0.15, 0.2) is 24.3 Å². The molecule has 0 fully saturated rings. The van der Waals surface area contributed by atoms with Crippen LogP contribution >= 0.6 is 11.6 Å². The molecule has 1 aromatic carbocycles. The second kappa shape index (κ2) is 6.40. The Bertz CT molecular complexity index is 450. The lowest BCUT2D eigenvalue weighted by molar-refractivity contribution is -0.133. The van der Waals surface area contributed by atoms with Crippen LogP contribution in [0.2, 0.25) is 0 Å². The van der Waals surface area contributed by atoms with Gasteiger partial charge in [0.2, 0.25) is 5.91 Å². The van der Waals surface area contributed by atoms with E-state index in [1.807, 2.05) is 25.1 Å². The van der Waals surface area contributed by atoms with Crippen molar-refractivity contribution in [3.63, 3.8) is 0 Å². The fourth-order valence-electron chi connectivity index (χ4n) is 2.92. The van der Waals surface area contributed by atoms with E-state index in [0.29, 0.717) is 6.54 Å². The first-order chi connectivity index (χ1) is 9.19. The van der Waals surface area contributed by atoms with Crippen molar-refractivity contribution in [2.45, 2.75) is 38.3 Å². The van der Waals surface area contributed by atoms with Gasteiger partial charge in [-0.1, -0.05) is 24.3 Å². The molecule has 0 aliphatic heterocycles. The Balaban J connectivity index is 2.30. The Morgan fingerprint density at radius 3 is 2.89 bits per heavy atom. The molecule has 1 aromatic rings. The molecule has 104 valence electrons. The van der Waals surface area contributed by atoms with Gasteiger partial charge in [-0.15, -0.1) is 11.6 Å². The zero-order chi connectivity index (χ0) is 13.8. The average Bonchev–Trinajstić information content (AvgIpc) is 2.60. The van der Waals surface area contributed by atoms with Gasteiger partial charge in [-0.05, 0) is 37.3 Å². The molecule has 1 aliphatic rings. The number of alkyl halides is 1. The van der Waals surface area contributed by atoms with Crippen molar-refractivity contribution in [2.24, 2.45) is 0 Å². The molecule has 2 atom stereocenters. The highest BCUT2D eigenvalue weighted by Crippen LogP contribution is 2.31. The number of aliphatic hydroxyl groups is 1. The van der Waals surface area contributed by atoms with Crippen LogP contribution in [0.25, 0.3) is 0 Å². The number of fused-ring (bicyclic) bond motifs is 1. The van der Waals surface area contributed by atoms with Crippen LogP contribution in [0.4, 0.5) is 0 Å². The Kier molecular flexibility index (Phi) is 4.83. The Morgan fingerprint density at radius 2 is 2.21 bits per heavy atom. The first-order valence-corrected chi connectivity index (χ1v) is 7.33. The van der Waals surface area contributed by atoms with Crippen molar-refractivity contribution < 1.29 is 9.90 Å². The van der Waals surface area contributed by atoms with Gasteiger partial charge in [-0.2, -0.15) is 0 Å². The third kappa shape index (κ3) is 2.93. The number of aliphatic hydroxyl groups excluding tert-OH is 1. The monoisotopic (exact) mass is 281 g/mol. The van der Waals surface area contributed by atoms with Crippen LogP contribution in [0.5, 0.6) is 0 Å². The average molecular weight is 282 g/mol. The van der Waals surface area contributed by atoms with E-state index in [0.717, 1.165) is 24.8 Å². The van der Waals surface area contributed by atoms with Gasteiger partial charge >= 0.3 is 0 Å². The number of hydrogen-bond donors (Lipinski definition) is 1. The molecule has 0 saturated heterocycles. The maximum atomic E-state index is 11.9. The summed E-state index contributed by atoms with van der Waals surface area (Å²) in [7, 11) is 0. The van der Waals surface area contributed by atoms with E-state index >= 15 is 0 Å². The summed E-state index contributed by atoms with van der Waals surface area (Å²) >= 11 is 5.66. The summed E-state index contributed by atoms with van der Waals surface area (Å²) in [4.78, 5) is 13.6. The van der Waals surface area contributed by atoms with E-state index in [9.17, 15) is 9.90 Å². The van der Waals surface area contributed by atoms with Gasteiger partial charge in [0.1, 0.15) is 5.88 Å². The largest absolute Gasteiger partial charge is 0.386 e. The summed E-state index contributed by atoms with van der Waals surface area (Å²) in [5.74, 6) is -0.133. The number of benzene rings is 1. The fourth-order valence-corrected chi connectivity index (χ4v) is 3.07. The predicted octanol–water partition coefficient (Wildman–Crippen LogP) is 2.51. The van der Waals surface area contributed by atoms with Crippen molar-refractivity contribution in [1.29, 1.82) is 0 Å². The zero-order valence-electron chi connectivity index (χ0n) is 11.2. The van der Waals surface area contributed by atoms with Crippen LogP contribution < -0.4 is 0 Å². The number of likely N-dealkylation sites (N-methyl/N-ethyl adjacent to an activating group) is 1. The minimum absolute atomic E-state index is 0.0291. The van der Waals surface area contributed by atoms with Crippen molar-refractivity contribution >= 4 is 17.5 Å². The Hall–Kier alpha value is -1.06. The van der Waals surface area contributed by atoms with Crippen molar-refractivity contribution in [3.05, 3.63) is 35.4 Å².